The smallest absolute Gasteiger partial charge is 0.225 e. The summed E-state index contributed by atoms with van der Waals surface area (Å²) in [6.45, 7) is 8.64. The summed E-state index contributed by atoms with van der Waals surface area (Å²) in [6.07, 6.45) is 3.42. The third-order valence-electron chi connectivity index (χ3n) is 4.06. The number of nitrogens with zero attached hydrogens (tertiary/aromatic N) is 1. The zero-order valence-corrected chi connectivity index (χ0v) is 10.1. The lowest BCUT2D eigenvalue weighted by atomic mass is 9.81. The molecule has 82 valence electrons. The van der Waals surface area contributed by atoms with Crippen LogP contribution in [-0.2, 0) is 4.79 Å². The van der Waals surface area contributed by atoms with E-state index in [0.29, 0.717) is 17.7 Å². The molecule has 2 nitrogen and oxygen atoms in total. The maximum Gasteiger partial charge on any atom is 0.225 e. The average Bonchev–Trinajstić information content (AvgIpc) is 1.99. The predicted octanol–water partition coefficient (Wildman–Crippen LogP) is 2.68. The Morgan fingerprint density at radius 3 is 2.14 bits per heavy atom. The van der Waals surface area contributed by atoms with Gasteiger partial charge in [0.1, 0.15) is 0 Å². The Bertz CT molecular complexity index is 216. The van der Waals surface area contributed by atoms with E-state index in [4.69, 9.17) is 0 Å². The van der Waals surface area contributed by atoms with Crippen molar-refractivity contribution >= 4 is 5.91 Å². The Kier molecular flexibility index (Phi) is 3.23. The second-order valence-corrected chi connectivity index (χ2v) is 5.33. The van der Waals surface area contributed by atoms with Crippen molar-refractivity contribution in [2.24, 2.45) is 11.8 Å². The summed E-state index contributed by atoms with van der Waals surface area (Å²) < 4.78 is 0. The highest BCUT2D eigenvalue weighted by atomic mass is 16.2. The molecule has 0 aromatic heterocycles. The molecule has 1 aliphatic carbocycles. The number of hydrogen-bond donors (Lipinski definition) is 0. The fourth-order valence-corrected chi connectivity index (χ4v) is 1.60. The summed E-state index contributed by atoms with van der Waals surface area (Å²) in [5.74, 6) is 1.16. The summed E-state index contributed by atoms with van der Waals surface area (Å²) in [6, 6.07) is 0. The first kappa shape index (κ1) is 11.5. The van der Waals surface area contributed by atoms with Crippen LogP contribution >= 0.6 is 0 Å². The van der Waals surface area contributed by atoms with Gasteiger partial charge in [-0.25, -0.2) is 0 Å². The van der Waals surface area contributed by atoms with Crippen molar-refractivity contribution in [3.05, 3.63) is 0 Å². The van der Waals surface area contributed by atoms with Gasteiger partial charge in [0.15, 0.2) is 0 Å². The van der Waals surface area contributed by atoms with Gasteiger partial charge in [0.05, 0.1) is 0 Å². The van der Waals surface area contributed by atoms with Crippen molar-refractivity contribution in [2.45, 2.75) is 52.5 Å². The Morgan fingerprint density at radius 2 is 1.86 bits per heavy atom. The molecule has 1 amide bonds. The molecule has 2 heteroatoms. The summed E-state index contributed by atoms with van der Waals surface area (Å²) in [7, 11) is 1.95. The van der Waals surface area contributed by atoms with Crippen LogP contribution in [0.5, 0.6) is 0 Å². The van der Waals surface area contributed by atoms with Crippen LogP contribution in [0.15, 0.2) is 0 Å². The molecule has 0 spiro atoms. The van der Waals surface area contributed by atoms with Gasteiger partial charge in [-0.1, -0.05) is 20.3 Å². The van der Waals surface area contributed by atoms with Crippen LogP contribution in [0.3, 0.4) is 0 Å². The minimum absolute atomic E-state index is 0.0212. The molecule has 0 heterocycles. The van der Waals surface area contributed by atoms with E-state index in [2.05, 4.69) is 27.7 Å². The van der Waals surface area contributed by atoms with Gasteiger partial charge in [-0.2, -0.15) is 0 Å². The molecule has 0 atom stereocenters. The Morgan fingerprint density at radius 1 is 1.36 bits per heavy atom. The summed E-state index contributed by atoms with van der Waals surface area (Å²) in [4.78, 5) is 13.9. The van der Waals surface area contributed by atoms with Crippen molar-refractivity contribution in [1.82, 2.24) is 4.90 Å². The van der Waals surface area contributed by atoms with Crippen LogP contribution in [-0.4, -0.2) is 23.4 Å². The molecule has 0 N–H and O–H groups in total. The molecule has 0 unspecified atom stereocenters. The molecule has 0 aliphatic heterocycles. The fraction of sp³-hybridized carbons (Fsp3) is 0.917. The number of carbonyl (C=O) groups is 1. The van der Waals surface area contributed by atoms with Crippen molar-refractivity contribution in [3.63, 3.8) is 0 Å². The summed E-state index contributed by atoms with van der Waals surface area (Å²) in [5, 5.41) is 0. The molecule has 0 bridgehead atoms. The molecule has 1 aliphatic rings. The normalized spacial score (nSPS) is 18.1. The monoisotopic (exact) mass is 197 g/mol. The van der Waals surface area contributed by atoms with Crippen LogP contribution < -0.4 is 0 Å². The molecule has 0 radical (unpaired) electrons. The van der Waals surface area contributed by atoms with Crippen LogP contribution in [0.2, 0.25) is 0 Å². The van der Waals surface area contributed by atoms with Gasteiger partial charge in [-0.3, -0.25) is 4.79 Å². The van der Waals surface area contributed by atoms with E-state index in [9.17, 15) is 4.79 Å². The maximum atomic E-state index is 12.0. The zero-order valence-electron chi connectivity index (χ0n) is 10.1. The van der Waals surface area contributed by atoms with E-state index < -0.39 is 0 Å². The van der Waals surface area contributed by atoms with Gasteiger partial charge in [0.25, 0.3) is 0 Å². The minimum atomic E-state index is -0.0212. The molecule has 0 aromatic carbocycles. The van der Waals surface area contributed by atoms with Gasteiger partial charge >= 0.3 is 0 Å². The third kappa shape index (κ3) is 1.94. The third-order valence-corrected chi connectivity index (χ3v) is 4.06. The van der Waals surface area contributed by atoms with Crippen molar-refractivity contribution in [2.75, 3.05) is 7.05 Å². The maximum absolute atomic E-state index is 12.0. The Hall–Kier alpha value is -0.530. The summed E-state index contributed by atoms with van der Waals surface area (Å²) in [5.41, 5.74) is -0.0212. The topological polar surface area (TPSA) is 20.3 Å². The van der Waals surface area contributed by atoms with Gasteiger partial charge in [0, 0.05) is 18.5 Å². The predicted molar refractivity (Wildman–Crippen MR) is 59.0 cm³/mol. The van der Waals surface area contributed by atoms with E-state index in [-0.39, 0.29) is 5.54 Å². The molecule has 0 saturated heterocycles. The zero-order chi connectivity index (χ0) is 10.9. The highest BCUT2D eigenvalue weighted by Gasteiger charge is 2.36. The molecular formula is C12H23NO. The van der Waals surface area contributed by atoms with Gasteiger partial charge < -0.3 is 4.90 Å². The molecule has 1 rings (SSSR count). The first-order valence-corrected chi connectivity index (χ1v) is 5.65. The minimum Gasteiger partial charge on any atom is -0.340 e. The van der Waals surface area contributed by atoms with Gasteiger partial charge in [0.2, 0.25) is 5.91 Å². The standard InChI is InChI=1S/C12H23NO/c1-9(2)12(3,4)13(5)11(14)10-7-6-8-10/h9-10H,6-8H2,1-5H3. The summed E-state index contributed by atoms with van der Waals surface area (Å²) >= 11 is 0. The lowest BCUT2D eigenvalue weighted by Gasteiger charge is -2.42. The lowest BCUT2D eigenvalue weighted by molar-refractivity contribution is -0.143. The number of hydrogen-bond acceptors (Lipinski definition) is 1. The van der Waals surface area contributed by atoms with Crippen LogP contribution in [0.25, 0.3) is 0 Å². The highest BCUT2D eigenvalue weighted by molar-refractivity contribution is 5.80. The van der Waals surface area contributed by atoms with E-state index >= 15 is 0 Å². The van der Waals surface area contributed by atoms with E-state index in [1.807, 2.05) is 11.9 Å². The molecule has 0 aromatic rings. The lowest BCUT2D eigenvalue weighted by Crippen LogP contribution is -2.51. The molecule has 14 heavy (non-hydrogen) atoms. The second kappa shape index (κ2) is 3.92. The quantitative estimate of drug-likeness (QED) is 0.681. The van der Waals surface area contributed by atoms with E-state index in [0.717, 1.165) is 12.8 Å². The van der Waals surface area contributed by atoms with Crippen LogP contribution in [0.4, 0.5) is 0 Å². The second-order valence-electron chi connectivity index (χ2n) is 5.33. The van der Waals surface area contributed by atoms with Crippen LogP contribution in [0, 0.1) is 11.8 Å². The van der Waals surface area contributed by atoms with E-state index in [1.165, 1.54) is 6.42 Å². The van der Waals surface area contributed by atoms with Crippen molar-refractivity contribution in [1.29, 1.82) is 0 Å². The van der Waals surface area contributed by atoms with E-state index in [1.54, 1.807) is 0 Å². The number of amides is 1. The molecule has 1 saturated carbocycles. The SMILES string of the molecule is CC(C)C(C)(C)N(C)C(=O)C1CCC1. The average molecular weight is 197 g/mol. The van der Waals surface area contributed by atoms with Crippen molar-refractivity contribution < 1.29 is 4.79 Å². The van der Waals surface area contributed by atoms with Crippen molar-refractivity contribution in [3.8, 4) is 0 Å². The van der Waals surface area contributed by atoms with Crippen LogP contribution in [0.1, 0.15) is 47.0 Å². The number of carbonyl (C=O) groups excluding carboxylic acids is 1. The highest BCUT2D eigenvalue weighted by Crippen LogP contribution is 2.32. The van der Waals surface area contributed by atoms with Gasteiger partial charge in [-0.05, 0) is 32.6 Å². The molecule has 1 fully saturated rings. The first-order valence-electron chi connectivity index (χ1n) is 5.65. The number of rotatable bonds is 3. The largest absolute Gasteiger partial charge is 0.340 e. The molecular weight excluding hydrogens is 174 g/mol. The fourth-order valence-electron chi connectivity index (χ4n) is 1.60. The Balaban J connectivity index is 2.62. The Labute approximate surface area is 87.7 Å². The first-order chi connectivity index (χ1) is 6.37. The van der Waals surface area contributed by atoms with Gasteiger partial charge in [-0.15, -0.1) is 0 Å².